The van der Waals surface area contributed by atoms with Gasteiger partial charge in [0.2, 0.25) is 0 Å². The van der Waals surface area contributed by atoms with E-state index in [2.05, 4.69) is 10.9 Å². The second kappa shape index (κ2) is 3.93. The van der Waals surface area contributed by atoms with Gasteiger partial charge in [-0.1, -0.05) is 18.1 Å². The quantitative estimate of drug-likeness (QED) is 0.640. The van der Waals surface area contributed by atoms with Crippen molar-refractivity contribution >= 4 is 0 Å². The molecular weight excluding hydrogens is 189 g/mol. The summed E-state index contributed by atoms with van der Waals surface area (Å²) in [5, 5.41) is 0. The summed E-state index contributed by atoms with van der Waals surface area (Å²) in [7, 11) is 0. The number of pyridine rings is 1. The van der Waals surface area contributed by atoms with Crippen LogP contribution in [-0.2, 0) is 0 Å². The number of halogens is 1. The van der Waals surface area contributed by atoms with Gasteiger partial charge < -0.3 is 0 Å². The van der Waals surface area contributed by atoms with E-state index >= 15 is 0 Å². The van der Waals surface area contributed by atoms with Crippen LogP contribution in [0, 0.1) is 18.2 Å². The Balaban J connectivity index is 2.50. The van der Waals surface area contributed by atoms with Crippen molar-refractivity contribution in [3.8, 4) is 23.6 Å². The molecule has 0 fully saturated rings. The lowest BCUT2D eigenvalue weighted by molar-refractivity contribution is 0.628. The number of aromatic nitrogens is 1. The molecule has 1 heterocycles. The molecule has 1 aromatic heterocycles. The summed E-state index contributed by atoms with van der Waals surface area (Å²) in [5.41, 5.74) is 2.15. The van der Waals surface area contributed by atoms with E-state index in [4.69, 9.17) is 6.42 Å². The van der Waals surface area contributed by atoms with Crippen molar-refractivity contribution < 1.29 is 4.39 Å². The first kappa shape index (κ1) is 9.42. The molecular formula is C13H8FN. The summed E-state index contributed by atoms with van der Waals surface area (Å²) in [4.78, 5) is 4.14. The van der Waals surface area contributed by atoms with E-state index in [0.29, 0.717) is 5.69 Å². The zero-order chi connectivity index (χ0) is 10.7. The van der Waals surface area contributed by atoms with Crippen LogP contribution in [0.15, 0.2) is 42.6 Å². The minimum atomic E-state index is -0.277. The van der Waals surface area contributed by atoms with Gasteiger partial charge in [0.15, 0.2) is 0 Å². The Morgan fingerprint density at radius 3 is 2.80 bits per heavy atom. The Hall–Kier alpha value is -2.14. The molecule has 0 unspecified atom stereocenters. The third-order valence-corrected chi connectivity index (χ3v) is 2.05. The van der Waals surface area contributed by atoms with E-state index in [-0.39, 0.29) is 5.82 Å². The van der Waals surface area contributed by atoms with Crippen LogP contribution in [0.2, 0.25) is 0 Å². The van der Waals surface area contributed by atoms with Crippen LogP contribution >= 0.6 is 0 Å². The van der Waals surface area contributed by atoms with Gasteiger partial charge in [-0.2, -0.15) is 0 Å². The lowest BCUT2D eigenvalue weighted by atomic mass is 10.1. The summed E-state index contributed by atoms with van der Waals surface area (Å²) < 4.78 is 13.0. The van der Waals surface area contributed by atoms with Crippen molar-refractivity contribution in [3.05, 3.63) is 54.0 Å². The maximum absolute atomic E-state index is 13.0. The van der Waals surface area contributed by atoms with Crippen molar-refractivity contribution in [2.45, 2.75) is 0 Å². The minimum Gasteiger partial charge on any atom is -0.256 e. The molecule has 1 aromatic carbocycles. The average Bonchev–Trinajstić information content (AvgIpc) is 2.29. The van der Waals surface area contributed by atoms with Gasteiger partial charge >= 0.3 is 0 Å². The van der Waals surface area contributed by atoms with Gasteiger partial charge in [-0.3, -0.25) is 4.98 Å². The molecule has 1 nitrogen and oxygen atoms in total. The van der Waals surface area contributed by atoms with Crippen molar-refractivity contribution in [3.63, 3.8) is 0 Å². The molecule has 0 saturated heterocycles. The Morgan fingerprint density at radius 2 is 2.07 bits per heavy atom. The smallest absolute Gasteiger partial charge is 0.123 e. The number of hydrogen-bond donors (Lipinski definition) is 0. The lowest BCUT2D eigenvalue weighted by Gasteiger charge is -2.00. The van der Waals surface area contributed by atoms with Gasteiger partial charge in [0.25, 0.3) is 0 Å². The van der Waals surface area contributed by atoms with Crippen molar-refractivity contribution in [2.24, 2.45) is 0 Å². The zero-order valence-corrected chi connectivity index (χ0v) is 7.94. The second-order valence-electron chi connectivity index (χ2n) is 3.08. The molecule has 0 N–H and O–H groups in total. The van der Waals surface area contributed by atoms with Crippen LogP contribution in [0.4, 0.5) is 4.39 Å². The van der Waals surface area contributed by atoms with Crippen molar-refractivity contribution in [1.82, 2.24) is 4.98 Å². The van der Waals surface area contributed by atoms with Crippen LogP contribution in [0.1, 0.15) is 5.56 Å². The first-order valence-corrected chi connectivity index (χ1v) is 4.48. The van der Waals surface area contributed by atoms with Crippen molar-refractivity contribution in [2.75, 3.05) is 0 Å². The fourth-order valence-corrected chi connectivity index (χ4v) is 1.33. The number of terminal acetylenes is 1. The van der Waals surface area contributed by atoms with E-state index in [9.17, 15) is 4.39 Å². The predicted molar refractivity (Wildman–Crippen MR) is 57.6 cm³/mol. The first-order valence-electron chi connectivity index (χ1n) is 4.48. The number of rotatable bonds is 1. The van der Waals surface area contributed by atoms with E-state index in [1.165, 1.54) is 12.1 Å². The molecule has 0 atom stereocenters. The Kier molecular flexibility index (Phi) is 2.47. The number of hydrogen-bond acceptors (Lipinski definition) is 1. The van der Waals surface area contributed by atoms with Crippen LogP contribution < -0.4 is 0 Å². The fraction of sp³-hybridized carbons (Fsp3) is 0. The van der Waals surface area contributed by atoms with Crippen LogP contribution in [0.5, 0.6) is 0 Å². The maximum atomic E-state index is 13.0. The van der Waals surface area contributed by atoms with Crippen molar-refractivity contribution in [1.29, 1.82) is 0 Å². The zero-order valence-electron chi connectivity index (χ0n) is 7.94. The highest BCUT2D eigenvalue weighted by Gasteiger charge is 2.00. The standard InChI is InChI=1S/C13H8FN/c1-2-10-6-7-15-13(8-10)11-4-3-5-12(14)9-11/h1,3-9H. The molecule has 0 amide bonds. The van der Waals surface area contributed by atoms with Gasteiger partial charge in [-0.05, 0) is 24.3 Å². The highest BCUT2D eigenvalue weighted by Crippen LogP contribution is 2.18. The molecule has 0 aliphatic carbocycles. The minimum absolute atomic E-state index is 0.277. The molecule has 0 spiro atoms. The van der Waals surface area contributed by atoms with Gasteiger partial charge in [-0.15, -0.1) is 6.42 Å². The summed E-state index contributed by atoms with van der Waals surface area (Å²) in [6.07, 6.45) is 6.90. The average molecular weight is 197 g/mol. The second-order valence-corrected chi connectivity index (χ2v) is 3.08. The third-order valence-electron chi connectivity index (χ3n) is 2.05. The molecule has 2 heteroatoms. The Labute approximate surface area is 87.6 Å². The van der Waals surface area contributed by atoms with E-state index in [1.807, 2.05) is 0 Å². The van der Waals surface area contributed by atoms with Gasteiger partial charge in [0, 0.05) is 17.3 Å². The molecule has 2 rings (SSSR count). The predicted octanol–water partition coefficient (Wildman–Crippen LogP) is 2.87. The normalized spacial score (nSPS) is 9.60. The molecule has 0 saturated carbocycles. The molecule has 0 aliphatic heterocycles. The molecule has 0 bridgehead atoms. The highest BCUT2D eigenvalue weighted by molar-refractivity contribution is 5.60. The Bertz CT molecular complexity index is 526. The highest BCUT2D eigenvalue weighted by atomic mass is 19.1. The van der Waals surface area contributed by atoms with Crippen LogP contribution in [-0.4, -0.2) is 4.98 Å². The van der Waals surface area contributed by atoms with E-state index in [0.717, 1.165) is 11.1 Å². The number of nitrogens with zero attached hydrogens (tertiary/aromatic N) is 1. The molecule has 2 aromatic rings. The maximum Gasteiger partial charge on any atom is 0.123 e. The molecule has 0 radical (unpaired) electrons. The summed E-state index contributed by atoms with van der Waals surface area (Å²) >= 11 is 0. The molecule has 0 aliphatic rings. The third kappa shape index (κ3) is 2.03. The molecule has 15 heavy (non-hydrogen) atoms. The topological polar surface area (TPSA) is 12.9 Å². The van der Waals surface area contributed by atoms with E-state index in [1.54, 1.807) is 30.5 Å². The monoisotopic (exact) mass is 197 g/mol. The van der Waals surface area contributed by atoms with Crippen LogP contribution in [0.3, 0.4) is 0 Å². The van der Waals surface area contributed by atoms with Gasteiger partial charge in [-0.25, -0.2) is 4.39 Å². The van der Waals surface area contributed by atoms with Gasteiger partial charge in [0.1, 0.15) is 5.82 Å². The fourth-order valence-electron chi connectivity index (χ4n) is 1.33. The molecule has 72 valence electrons. The van der Waals surface area contributed by atoms with Gasteiger partial charge in [0.05, 0.1) is 5.69 Å². The van der Waals surface area contributed by atoms with E-state index < -0.39 is 0 Å². The summed E-state index contributed by atoms with van der Waals surface area (Å²) in [6.45, 7) is 0. The first-order chi connectivity index (χ1) is 7.29. The summed E-state index contributed by atoms with van der Waals surface area (Å²) in [5.74, 6) is 2.24. The summed E-state index contributed by atoms with van der Waals surface area (Å²) in [6, 6.07) is 9.77. The van der Waals surface area contributed by atoms with Crippen LogP contribution in [0.25, 0.3) is 11.3 Å². The lowest BCUT2D eigenvalue weighted by Crippen LogP contribution is -1.85. The SMILES string of the molecule is C#Cc1ccnc(-c2cccc(F)c2)c1. The number of benzene rings is 1. The largest absolute Gasteiger partial charge is 0.256 e. The Morgan fingerprint density at radius 1 is 1.20 bits per heavy atom.